The van der Waals surface area contributed by atoms with Crippen molar-refractivity contribution in [2.75, 3.05) is 32.6 Å². The van der Waals surface area contributed by atoms with Gasteiger partial charge in [0, 0.05) is 26.8 Å². The highest BCUT2D eigenvalue weighted by Crippen LogP contribution is 2.29. The molecule has 1 aliphatic heterocycles. The predicted octanol–water partition coefficient (Wildman–Crippen LogP) is 1.05. The third-order valence-electron chi connectivity index (χ3n) is 3.53. The maximum Gasteiger partial charge on any atom is 0.293 e. The Morgan fingerprint density at radius 3 is 2.71 bits per heavy atom. The van der Waals surface area contributed by atoms with Gasteiger partial charge in [0.2, 0.25) is 10.0 Å². The molecule has 0 aliphatic carbocycles. The third kappa shape index (κ3) is 2.99. The number of nitrogens with zero attached hydrogens (tertiary/aromatic N) is 2. The first-order chi connectivity index (χ1) is 9.87. The molecule has 2 rings (SSSR count). The van der Waals surface area contributed by atoms with Crippen molar-refractivity contribution in [3.63, 3.8) is 0 Å². The Hall–Kier alpha value is -1.71. The van der Waals surface area contributed by atoms with Crippen molar-refractivity contribution in [2.45, 2.75) is 17.4 Å². The first-order valence-electron chi connectivity index (χ1n) is 6.40. The summed E-state index contributed by atoms with van der Waals surface area (Å²) < 4.78 is 31.4. The van der Waals surface area contributed by atoms with E-state index in [1.165, 1.54) is 23.5 Å². The molecule has 1 saturated heterocycles. The van der Waals surface area contributed by atoms with Crippen LogP contribution in [0.25, 0.3) is 0 Å². The third-order valence-corrected chi connectivity index (χ3v) is 5.44. The van der Waals surface area contributed by atoms with Gasteiger partial charge in [-0.1, -0.05) is 0 Å². The molecule has 1 aromatic rings. The number of nitrogens with one attached hydrogen (secondary N) is 1. The quantitative estimate of drug-likeness (QED) is 0.643. The van der Waals surface area contributed by atoms with E-state index < -0.39 is 14.9 Å². The Morgan fingerprint density at radius 2 is 2.19 bits per heavy atom. The summed E-state index contributed by atoms with van der Waals surface area (Å²) in [5, 5.41) is 13.7. The fourth-order valence-electron chi connectivity index (χ4n) is 2.21. The molecule has 1 atom stereocenters. The number of hydrogen-bond acceptors (Lipinski definition) is 6. The number of rotatable bonds is 5. The fourth-order valence-corrected chi connectivity index (χ4v) is 3.60. The summed E-state index contributed by atoms with van der Waals surface area (Å²) in [7, 11) is -0.777. The molecule has 0 saturated carbocycles. The minimum atomic E-state index is -3.78. The van der Waals surface area contributed by atoms with Crippen LogP contribution in [0, 0.1) is 10.1 Å². The second kappa shape index (κ2) is 5.96. The first-order valence-corrected chi connectivity index (χ1v) is 7.84. The SMILES string of the molecule is CNc1ccc(S(=O)(=O)N(C)C2CCOC2)cc1[N+](=O)[O-]. The topological polar surface area (TPSA) is 102 Å². The van der Waals surface area contributed by atoms with E-state index in [0.717, 1.165) is 6.07 Å². The predicted molar refractivity (Wildman–Crippen MR) is 76.8 cm³/mol. The molecule has 0 aromatic heterocycles. The Kier molecular flexibility index (Phi) is 4.45. The monoisotopic (exact) mass is 315 g/mol. The number of hydrogen-bond donors (Lipinski definition) is 1. The summed E-state index contributed by atoms with van der Waals surface area (Å²) >= 11 is 0. The molecule has 1 fully saturated rings. The van der Waals surface area contributed by atoms with Gasteiger partial charge in [-0.15, -0.1) is 0 Å². The largest absolute Gasteiger partial charge is 0.383 e. The Labute approximate surface area is 122 Å². The summed E-state index contributed by atoms with van der Waals surface area (Å²) in [6.45, 7) is 0.857. The molecule has 0 bridgehead atoms. The summed E-state index contributed by atoms with van der Waals surface area (Å²) in [4.78, 5) is 10.3. The van der Waals surface area contributed by atoms with Crippen LogP contribution in [0.15, 0.2) is 23.1 Å². The van der Waals surface area contributed by atoms with Crippen LogP contribution in [0.1, 0.15) is 6.42 Å². The van der Waals surface area contributed by atoms with E-state index in [2.05, 4.69) is 5.32 Å². The van der Waals surface area contributed by atoms with Crippen LogP contribution in [0.4, 0.5) is 11.4 Å². The molecular weight excluding hydrogens is 298 g/mol. The minimum absolute atomic E-state index is 0.0948. The zero-order valence-electron chi connectivity index (χ0n) is 11.8. The molecule has 1 heterocycles. The van der Waals surface area contributed by atoms with Crippen molar-refractivity contribution in [3.05, 3.63) is 28.3 Å². The van der Waals surface area contributed by atoms with Gasteiger partial charge < -0.3 is 10.1 Å². The fraction of sp³-hybridized carbons (Fsp3) is 0.500. The number of sulfonamides is 1. The van der Waals surface area contributed by atoms with Crippen molar-refractivity contribution in [3.8, 4) is 0 Å². The van der Waals surface area contributed by atoms with Crippen LogP contribution < -0.4 is 5.32 Å². The van der Waals surface area contributed by atoms with E-state index in [0.29, 0.717) is 19.6 Å². The molecule has 1 aliphatic rings. The number of anilines is 1. The van der Waals surface area contributed by atoms with Gasteiger partial charge in [-0.25, -0.2) is 8.42 Å². The molecular formula is C12H17N3O5S. The standard InChI is InChI=1S/C12H17N3O5S/c1-13-11-4-3-10(7-12(11)15(16)17)21(18,19)14(2)9-5-6-20-8-9/h3-4,7,9,13H,5-6,8H2,1-2H3. The van der Waals surface area contributed by atoms with Crippen molar-refractivity contribution in [2.24, 2.45) is 0 Å². The normalized spacial score (nSPS) is 18.9. The molecule has 9 heteroatoms. The average Bonchev–Trinajstić information content (AvgIpc) is 2.99. The molecule has 116 valence electrons. The lowest BCUT2D eigenvalue weighted by molar-refractivity contribution is -0.384. The van der Waals surface area contributed by atoms with Gasteiger partial charge in [-0.05, 0) is 18.6 Å². The maximum absolute atomic E-state index is 12.5. The number of benzene rings is 1. The van der Waals surface area contributed by atoms with Gasteiger partial charge in [0.05, 0.1) is 22.5 Å². The van der Waals surface area contributed by atoms with Crippen molar-refractivity contribution in [1.29, 1.82) is 0 Å². The van der Waals surface area contributed by atoms with E-state index in [1.54, 1.807) is 7.05 Å². The van der Waals surface area contributed by atoms with Crippen LogP contribution in [-0.2, 0) is 14.8 Å². The van der Waals surface area contributed by atoms with Crippen LogP contribution in [0.5, 0.6) is 0 Å². The molecule has 21 heavy (non-hydrogen) atoms. The van der Waals surface area contributed by atoms with Crippen LogP contribution in [0.3, 0.4) is 0 Å². The minimum Gasteiger partial charge on any atom is -0.383 e. The van der Waals surface area contributed by atoms with E-state index in [4.69, 9.17) is 4.74 Å². The molecule has 1 aromatic carbocycles. The van der Waals surface area contributed by atoms with Crippen molar-refractivity contribution in [1.82, 2.24) is 4.31 Å². The number of nitro groups is 1. The number of nitro benzene ring substituents is 1. The highest BCUT2D eigenvalue weighted by molar-refractivity contribution is 7.89. The van der Waals surface area contributed by atoms with Crippen LogP contribution >= 0.6 is 0 Å². The van der Waals surface area contributed by atoms with Gasteiger partial charge in [0.15, 0.2) is 0 Å². The summed E-state index contributed by atoms with van der Waals surface area (Å²) in [6.07, 6.45) is 0.617. The lowest BCUT2D eigenvalue weighted by atomic mass is 10.3. The molecule has 0 amide bonds. The zero-order chi connectivity index (χ0) is 15.6. The highest BCUT2D eigenvalue weighted by Gasteiger charge is 2.32. The second-order valence-electron chi connectivity index (χ2n) is 4.72. The molecule has 1 N–H and O–H groups in total. The van der Waals surface area contributed by atoms with Crippen molar-refractivity contribution < 1.29 is 18.1 Å². The number of ether oxygens (including phenoxy) is 1. The van der Waals surface area contributed by atoms with Gasteiger partial charge in [0.1, 0.15) is 5.69 Å². The molecule has 8 nitrogen and oxygen atoms in total. The lowest BCUT2D eigenvalue weighted by Crippen LogP contribution is -2.37. The zero-order valence-corrected chi connectivity index (χ0v) is 12.6. The summed E-state index contributed by atoms with van der Waals surface area (Å²) in [5.41, 5.74) is 0.000416. The second-order valence-corrected chi connectivity index (χ2v) is 6.72. The van der Waals surface area contributed by atoms with E-state index in [-0.39, 0.29) is 22.3 Å². The lowest BCUT2D eigenvalue weighted by Gasteiger charge is -2.22. The van der Waals surface area contributed by atoms with E-state index in [1.807, 2.05) is 0 Å². The molecule has 0 radical (unpaired) electrons. The first kappa shape index (κ1) is 15.7. The molecule has 1 unspecified atom stereocenters. The average molecular weight is 315 g/mol. The Balaban J connectivity index is 2.40. The van der Waals surface area contributed by atoms with Gasteiger partial charge >= 0.3 is 0 Å². The summed E-state index contributed by atoms with van der Waals surface area (Å²) in [5.74, 6) is 0. The Morgan fingerprint density at radius 1 is 1.48 bits per heavy atom. The molecule has 0 spiro atoms. The highest BCUT2D eigenvalue weighted by atomic mass is 32.2. The van der Waals surface area contributed by atoms with Crippen LogP contribution in [0.2, 0.25) is 0 Å². The number of likely N-dealkylation sites (N-methyl/N-ethyl adjacent to an activating group) is 1. The van der Waals surface area contributed by atoms with Crippen molar-refractivity contribution >= 4 is 21.4 Å². The van der Waals surface area contributed by atoms with Gasteiger partial charge in [-0.2, -0.15) is 4.31 Å². The Bertz CT molecular complexity index is 640. The maximum atomic E-state index is 12.5. The van der Waals surface area contributed by atoms with Gasteiger partial charge in [-0.3, -0.25) is 10.1 Å². The summed E-state index contributed by atoms with van der Waals surface area (Å²) in [6, 6.07) is 3.59. The van der Waals surface area contributed by atoms with E-state index >= 15 is 0 Å². The van der Waals surface area contributed by atoms with Crippen LogP contribution in [-0.4, -0.2) is 51.0 Å². The van der Waals surface area contributed by atoms with Gasteiger partial charge in [0.25, 0.3) is 5.69 Å². The smallest absolute Gasteiger partial charge is 0.293 e. The van der Waals surface area contributed by atoms with E-state index in [9.17, 15) is 18.5 Å².